The number of nitrogens with two attached hydrogens (primary N) is 1. The minimum Gasteiger partial charge on any atom is -0.375 e. The second kappa shape index (κ2) is 13.2. The van der Waals surface area contributed by atoms with E-state index >= 15 is 0 Å². The van der Waals surface area contributed by atoms with Crippen LogP contribution < -0.4 is 16.0 Å². The first-order valence-electron chi connectivity index (χ1n) is 9.38. The normalized spacial score (nSPS) is 15.3. The molecule has 150 valence electrons. The summed E-state index contributed by atoms with van der Waals surface area (Å²) >= 11 is 0. The first-order chi connectivity index (χ1) is 11.7. The number of hydrogen-bond acceptors (Lipinski definition) is 3. The third-order valence-electron chi connectivity index (χ3n) is 5.32. The van der Waals surface area contributed by atoms with Crippen LogP contribution in [0.2, 0.25) is 0 Å². The quantitative estimate of drug-likeness (QED) is 0.608. The molecule has 0 aromatic heterocycles. The van der Waals surface area contributed by atoms with Crippen LogP contribution in [-0.2, 0) is 4.79 Å². The highest BCUT2D eigenvalue weighted by molar-refractivity contribution is 5.85. The molecule has 6 heteroatoms. The molecule has 1 aliphatic rings. The van der Waals surface area contributed by atoms with Crippen molar-refractivity contribution in [3.8, 4) is 0 Å². The number of benzene rings is 1. The van der Waals surface area contributed by atoms with Crippen molar-refractivity contribution >= 4 is 36.4 Å². The van der Waals surface area contributed by atoms with Crippen LogP contribution in [0.25, 0.3) is 0 Å². The number of carbonyl (C=O) groups excluding carboxylic acids is 1. The second-order valence-electron chi connectivity index (χ2n) is 7.26. The molecular weight excluding hydrogens is 369 g/mol. The van der Waals surface area contributed by atoms with Crippen LogP contribution in [0.3, 0.4) is 0 Å². The lowest BCUT2D eigenvalue weighted by atomic mass is 9.71. The van der Waals surface area contributed by atoms with Gasteiger partial charge in [-0.1, -0.05) is 37.5 Å². The minimum absolute atomic E-state index is 0. The molecule has 26 heavy (non-hydrogen) atoms. The van der Waals surface area contributed by atoms with Crippen molar-refractivity contribution < 1.29 is 4.79 Å². The molecule has 2 rings (SSSR count). The fourth-order valence-electron chi connectivity index (χ4n) is 3.67. The van der Waals surface area contributed by atoms with Gasteiger partial charge in [-0.05, 0) is 49.8 Å². The van der Waals surface area contributed by atoms with Crippen LogP contribution in [0.15, 0.2) is 30.3 Å². The first kappa shape index (κ1) is 25.0. The van der Waals surface area contributed by atoms with Gasteiger partial charge in [0.1, 0.15) is 0 Å². The number of carbonyl (C=O) groups is 1. The molecule has 0 saturated heterocycles. The van der Waals surface area contributed by atoms with Crippen LogP contribution in [0.4, 0.5) is 5.69 Å². The summed E-state index contributed by atoms with van der Waals surface area (Å²) in [6.07, 6.45) is 8.64. The van der Waals surface area contributed by atoms with Crippen LogP contribution in [0, 0.1) is 5.41 Å². The predicted molar refractivity (Wildman–Crippen MR) is 116 cm³/mol. The highest BCUT2D eigenvalue weighted by Gasteiger charge is 2.32. The summed E-state index contributed by atoms with van der Waals surface area (Å²) in [4.78, 5) is 14.5. The number of unbranched alkanes of at least 4 members (excludes halogenated alkanes) is 1. The van der Waals surface area contributed by atoms with Gasteiger partial charge < -0.3 is 16.0 Å². The van der Waals surface area contributed by atoms with E-state index in [4.69, 9.17) is 5.73 Å². The number of amides is 1. The number of hydrogen-bond donors (Lipinski definition) is 2. The second-order valence-corrected chi connectivity index (χ2v) is 7.26. The van der Waals surface area contributed by atoms with E-state index in [-0.39, 0.29) is 36.1 Å². The minimum atomic E-state index is 0. The maximum atomic E-state index is 12.2. The molecule has 1 saturated carbocycles. The third-order valence-corrected chi connectivity index (χ3v) is 5.32. The Hall–Kier alpha value is -0.970. The zero-order chi connectivity index (χ0) is 17.3. The van der Waals surface area contributed by atoms with Gasteiger partial charge in [-0.25, -0.2) is 0 Å². The molecule has 3 N–H and O–H groups in total. The monoisotopic (exact) mass is 403 g/mol. The molecular formula is C20H35Cl2N3O. The van der Waals surface area contributed by atoms with E-state index < -0.39 is 0 Å². The highest BCUT2D eigenvalue weighted by atomic mass is 35.5. The van der Waals surface area contributed by atoms with Crippen molar-refractivity contribution in [1.29, 1.82) is 0 Å². The molecule has 0 spiro atoms. The average Bonchev–Trinajstić information content (AvgIpc) is 2.62. The Balaban J connectivity index is 0.00000312. The van der Waals surface area contributed by atoms with E-state index in [0.29, 0.717) is 13.0 Å². The van der Waals surface area contributed by atoms with Gasteiger partial charge >= 0.3 is 0 Å². The number of anilines is 1. The lowest BCUT2D eigenvalue weighted by Gasteiger charge is -2.35. The Morgan fingerprint density at radius 1 is 1.12 bits per heavy atom. The maximum Gasteiger partial charge on any atom is 0.220 e. The summed E-state index contributed by atoms with van der Waals surface area (Å²) in [5, 5.41) is 3.09. The molecule has 1 aromatic rings. The Morgan fingerprint density at radius 3 is 2.38 bits per heavy atom. The average molecular weight is 404 g/mol. The third kappa shape index (κ3) is 8.15. The van der Waals surface area contributed by atoms with Gasteiger partial charge in [0.2, 0.25) is 5.91 Å². The molecule has 0 bridgehead atoms. The number of nitrogens with one attached hydrogen (secondary N) is 1. The Kier molecular flexibility index (Phi) is 12.7. The van der Waals surface area contributed by atoms with Crippen LogP contribution >= 0.6 is 24.8 Å². The van der Waals surface area contributed by atoms with Crippen molar-refractivity contribution in [3.63, 3.8) is 0 Å². The van der Waals surface area contributed by atoms with Crippen molar-refractivity contribution in [1.82, 2.24) is 5.32 Å². The highest BCUT2D eigenvalue weighted by Crippen LogP contribution is 2.38. The van der Waals surface area contributed by atoms with Gasteiger partial charge in [0.15, 0.2) is 0 Å². The summed E-state index contributed by atoms with van der Waals surface area (Å²) in [6, 6.07) is 10.4. The van der Waals surface area contributed by atoms with Crippen LogP contribution in [0.1, 0.15) is 51.4 Å². The molecule has 1 amide bonds. The van der Waals surface area contributed by atoms with Crippen molar-refractivity contribution in [3.05, 3.63) is 30.3 Å². The molecule has 0 atom stereocenters. The molecule has 4 nitrogen and oxygen atoms in total. The van der Waals surface area contributed by atoms with Gasteiger partial charge in [0.05, 0.1) is 0 Å². The topological polar surface area (TPSA) is 58.4 Å². The number of para-hydroxylation sites is 1. The van der Waals surface area contributed by atoms with E-state index in [0.717, 1.165) is 38.8 Å². The fraction of sp³-hybridized carbons (Fsp3) is 0.650. The fourth-order valence-corrected chi connectivity index (χ4v) is 3.67. The number of nitrogens with zero attached hydrogens (tertiary/aromatic N) is 1. The van der Waals surface area contributed by atoms with E-state index in [1.165, 1.54) is 24.9 Å². The molecule has 0 unspecified atom stereocenters. The largest absolute Gasteiger partial charge is 0.375 e. The van der Waals surface area contributed by atoms with Crippen molar-refractivity contribution in [2.75, 3.05) is 31.6 Å². The molecule has 0 aliphatic heterocycles. The van der Waals surface area contributed by atoms with E-state index in [9.17, 15) is 4.79 Å². The van der Waals surface area contributed by atoms with Gasteiger partial charge in [-0.15, -0.1) is 24.8 Å². The van der Waals surface area contributed by atoms with E-state index in [2.05, 4.69) is 41.5 Å². The summed E-state index contributed by atoms with van der Waals surface area (Å²) in [6.45, 7) is 2.41. The maximum absolute atomic E-state index is 12.2. The Bertz CT molecular complexity index is 493. The van der Waals surface area contributed by atoms with Gasteiger partial charge in [-0.3, -0.25) is 4.79 Å². The predicted octanol–water partition coefficient (Wildman–Crippen LogP) is 4.16. The van der Waals surface area contributed by atoms with Gasteiger partial charge in [-0.2, -0.15) is 0 Å². The summed E-state index contributed by atoms with van der Waals surface area (Å²) in [5.74, 6) is 0.179. The first-order valence-corrected chi connectivity index (χ1v) is 9.38. The van der Waals surface area contributed by atoms with Crippen molar-refractivity contribution in [2.45, 2.75) is 51.4 Å². The van der Waals surface area contributed by atoms with Gasteiger partial charge in [0, 0.05) is 32.2 Å². The molecule has 0 heterocycles. The smallest absolute Gasteiger partial charge is 0.220 e. The van der Waals surface area contributed by atoms with E-state index in [1.54, 1.807) is 0 Å². The summed E-state index contributed by atoms with van der Waals surface area (Å²) < 4.78 is 0. The Morgan fingerprint density at radius 2 is 1.77 bits per heavy atom. The number of halogens is 2. The number of rotatable bonds is 9. The summed E-state index contributed by atoms with van der Waals surface area (Å²) in [5.41, 5.74) is 7.27. The zero-order valence-corrected chi connectivity index (χ0v) is 17.5. The molecule has 1 aromatic carbocycles. The SMILES string of the molecule is CN(CCCCNC(=O)CC1(CN)CCCCC1)c1ccccc1.Cl.Cl. The standard InChI is InChI=1S/C20H33N3O.2ClH/c1-23(18-10-4-2-5-11-18)15-9-8-14-22-19(24)16-20(17-21)12-6-3-7-13-20;;/h2,4-5,10-11H,3,6-9,12-17,21H2,1H3,(H,22,24);2*1H. The zero-order valence-electron chi connectivity index (χ0n) is 15.9. The Labute approximate surface area is 171 Å². The van der Waals surface area contributed by atoms with Crippen LogP contribution in [0.5, 0.6) is 0 Å². The molecule has 1 fully saturated rings. The lowest BCUT2D eigenvalue weighted by molar-refractivity contribution is -0.123. The lowest BCUT2D eigenvalue weighted by Crippen LogP contribution is -2.38. The van der Waals surface area contributed by atoms with E-state index in [1.807, 2.05) is 6.07 Å². The van der Waals surface area contributed by atoms with Crippen molar-refractivity contribution in [2.24, 2.45) is 11.1 Å². The summed E-state index contributed by atoms with van der Waals surface area (Å²) in [7, 11) is 2.11. The molecule has 1 aliphatic carbocycles. The molecule has 0 radical (unpaired) electrons. The van der Waals surface area contributed by atoms with Crippen LogP contribution in [-0.4, -0.2) is 32.6 Å². The van der Waals surface area contributed by atoms with Gasteiger partial charge in [0.25, 0.3) is 0 Å².